The number of primary amides is 1. The highest BCUT2D eigenvalue weighted by Crippen LogP contribution is 2.16. The van der Waals surface area contributed by atoms with Crippen LogP contribution in [0.3, 0.4) is 0 Å². The zero-order valence-corrected chi connectivity index (χ0v) is 11.3. The van der Waals surface area contributed by atoms with E-state index in [9.17, 15) is 4.79 Å². The third-order valence-electron chi connectivity index (χ3n) is 2.88. The van der Waals surface area contributed by atoms with Gasteiger partial charge in [-0.3, -0.25) is 0 Å². The van der Waals surface area contributed by atoms with Crippen LogP contribution in [-0.2, 0) is 0 Å². The number of unbranched alkanes of at least 4 members (excludes halogenated alkanes) is 2. The predicted molar refractivity (Wildman–Crippen MR) is 78.7 cm³/mol. The molecule has 0 aromatic heterocycles. The first kappa shape index (κ1) is 15.1. The maximum absolute atomic E-state index is 10.7. The highest BCUT2D eigenvalue weighted by molar-refractivity contribution is 5.87. The maximum atomic E-state index is 10.7. The molecule has 0 spiro atoms. The molecule has 1 aromatic carbocycles. The van der Waals surface area contributed by atoms with E-state index in [4.69, 9.17) is 12.2 Å². The average Bonchev–Trinajstić information content (AvgIpc) is 2.38. The van der Waals surface area contributed by atoms with Crippen LogP contribution in [0.15, 0.2) is 24.3 Å². The van der Waals surface area contributed by atoms with Crippen molar-refractivity contribution in [1.82, 2.24) is 5.32 Å². The second-order valence-corrected chi connectivity index (χ2v) is 4.45. The molecule has 1 rings (SSSR count). The van der Waals surface area contributed by atoms with Gasteiger partial charge in [-0.25, -0.2) is 4.79 Å². The summed E-state index contributed by atoms with van der Waals surface area (Å²) in [5.41, 5.74) is 6.93. The second-order valence-electron chi connectivity index (χ2n) is 4.45. The Morgan fingerprint density at radius 3 is 2.63 bits per heavy atom. The van der Waals surface area contributed by atoms with Crippen LogP contribution in [0.25, 0.3) is 0 Å². The van der Waals surface area contributed by atoms with Gasteiger partial charge in [-0.2, -0.15) is 0 Å². The molecular weight excluding hydrogens is 238 g/mol. The van der Waals surface area contributed by atoms with Gasteiger partial charge in [0.25, 0.3) is 0 Å². The maximum Gasteiger partial charge on any atom is 0.316 e. The van der Waals surface area contributed by atoms with Crippen LogP contribution in [0.1, 0.15) is 37.8 Å². The van der Waals surface area contributed by atoms with Crippen molar-refractivity contribution < 1.29 is 4.79 Å². The summed E-state index contributed by atoms with van der Waals surface area (Å²) >= 11 is 0. The van der Waals surface area contributed by atoms with Gasteiger partial charge in [-0.05, 0) is 44.0 Å². The fraction of sp³-hybridized carbons (Fsp3) is 0.400. The van der Waals surface area contributed by atoms with Crippen LogP contribution >= 0.6 is 0 Å². The Balaban J connectivity index is 2.38. The number of anilines is 1. The van der Waals surface area contributed by atoms with Crippen molar-refractivity contribution in [1.29, 1.82) is 0 Å². The molecule has 1 atom stereocenters. The molecule has 0 saturated carbocycles. The number of urea groups is 1. The minimum Gasteiger partial charge on any atom is -0.351 e. The highest BCUT2D eigenvalue weighted by Gasteiger charge is 2.04. The van der Waals surface area contributed by atoms with Gasteiger partial charge in [0.1, 0.15) is 0 Å². The largest absolute Gasteiger partial charge is 0.351 e. The number of amides is 2. The van der Waals surface area contributed by atoms with Crippen molar-refractivity contribution in [2.45, 2.75) is 32.2 Å². The molecule has 0 heterocycles. The molecule has 0 aliphatic heterocycles. The second kappa shape index (κ2) is 8.17. The molecule has 0 bridgehead atoms. The van der Waals surface area contributed by atoms with E-state index in [1.807, 2.05) is 24.3 Å². The van der Waals surface area contributed by atoms with Crippen LogP contribution < -0.4 is 16.4 Å². The smallest absolute Gasteiger partial charge is 0.316 e. The van der Waals surface area contributed by atoms with E-state index in [-0.39, 0.29) is 6.04 Å². The van der Waals surface area contributed by atoms with E-state index in [1.54, 1.807) is 0 Å². The third-order valence-corrected chi connectivity index (χ3v) is 2.88. The van der Waals surface area contributed by atoms with Crippen LogP contribution in [-0.4, -0.2) is 12.6 Å². The monoisotopic (exact) mass is 259 g/mol. The van der Waals surface area contributed by atoms with Gasteiger partial charge >= 0.3 is 6.03 Å². The fourth-order valence-corrected chi connectivity index (χ4v) is 1.79. The van der Waals surface area contributed by atoms with E-state index >= 15 is 0 Å². The number of nitrogens with one attached hydrogen (secondary N) is 2. The predicted octanol–water partition coefficient (Wildman–Crippen LogP) is 2.63. The lowest BCUT2D eigenvalue weighted by Gasteiger charge is -2.14. The Kier molecular flexibility index (Phi) is 6.48. The summed E-state index contributed by atoms with van der Waals surface area (Å²) in [7, 11) is 0. The number of terminal acetylenes is 1. The van der Waals surface area contributed by atoms with E-state index in [0.29, 0.717) is 5.69 Å². The molecular formula is C15H21N3O. The van der Waals surface area contributed by atoms with Crippen molar-refractivity contribution in [3.8, 4) is 12.3 Å². The van der Waals surface area contributed by atoms with Crippen LogP contribution in [0.5, 0.6) is 0 Å². The molecule has 1 unspecified atom stereocenters. The van der Waals surface area contributed by atoms with Gasteiger partial charge in [0.15, 0.2) is 0 Å². The number of rotatable bonds is 7. The fourth-order valence-electron chi connectivity index (χ4n) is 1.79. The van der Waals surface area contributed by atoms with Crippen LogP contribution in [0, 0.1) is 12.3 Å². The molecule has 4 nitrogen and oxygen atoms in total. The lowest BCUT2D eigenvalue weighted by Crippen LogP contribution is -2.20. The Hall–Kier alpha value is -1.99. The van der Waals surface area contributed by atoms with Crippen LogP contribution in [0.2, 0.25) is 0 Å². The van der Waals surface area contributed by atoms with Crippen molar-refractivity contribution in [3.63, 3.8) is 0 Å². The van der Waals surface area contributed by atoms with Gasteiger partial charge in [-0.15, -0.1) is 12.3 Å². The van der Waals surface area contributed by atoms with Gasteiger partial charge in [0, 0.05) is 18.2 Å². The Morgan fingerprint density at radius 1 is 1.37 bits per heavy atom. The quantitative estimate of drug-likeness (QED) is 0.520. The number of carbonyl (C=O) groups excluding carboxylic acids is 1. The minimum atomic E-state index is -0.549. The lowest BCUT2D eigenvalue weighted by atomic mass is 10.1. The molecule has 0 saturated heterocycles. The standard InChI is InChI=1S/C15H21N3O/c1-3-4-5-6-11-17-12(2)13-7-9-14(10-8-13)18-15(16)19/h1,7-10,12,17H,4-6,11H2,2H3,(H3,16,18,19). The molecule has 1 aromatic rings. The van der Waals surface area contributed by atoms with E-state index in [0.717, 1.165) is 25.8 Å². The van der Waals surface area contributed by atoms with Crippen molar-refractivity contribution >= 4 is 11.7 Å². The summed E-state index contributed by atoms with van der Waals surface area (Å²) in [6.45, 7) is 3.06. The molecule has 102 valence electrons. The molecule has 19 heavy (non-hydrogen) atoms. The Morgan fingerprint density at radius 2 is 2.05 bits per heavy atom. The van der Waals surface area contributed by atoms with E-state index in [2.05, 4.69) is 23.5 Å². The van der Waals surface area contributed by atoms with Crippen molar-refractivity contribution in [3.05, 3.63) is 29.8 Å². The van der Waals surface area contributed by atoms with Gasteiger partial charge in [-0.1, -0.05) is 12.1 Å². The lowest BCUT2D eigenvalue weighted by molar-refractivity contribution is 0.259. The van der Waals surface area contributed by atoms with Crippen molar-refractivity contribution in [2.75, 3.05) is 11.9 Å². The third kappa shape index (κ3) is 5.94. The summed E-state index contributed by atoms with van der Waals surface area (Å²) in [6.07, 6.45) is 8.17. The van der Waals surface area contributed by atoms with E-state index < -0.39 is 6.03 Å². The summed E-state index contributed by atoms with van der Waals surface area (Å²) < 4.78 is 0. The normalized spacial score (nSPS) is 11.6. The molecule has 4 N–H and O–H groups in total. The minimum absolute atomic E-state index is 0.272. The summed E-state index contributed by atoms with van der Waals surface area (Å²) in [5.74, 6) is 2.64. The molecule has 0 radical (unpaired) electrons. The summed E-state index contributed by atoms with van der Waals surface area (Å²) in [4.78, 5) is 10.7. The van der Waals surface area contributed by atoms with Gasteiger partial charge in [0.05, 0.1) is 0 Å². The Labute approximate surface area is 114 Å². The zero-order chi connectivity index (χ0) is 14.1. The number of hydrogen-bond acceptors (Lipinski definition) is 2. The van der Waals surface area contributed by atoms with Gasteiger partial charge < -0.3 is 16.4 Å². The van der Waals surface area contributed by atoms with Crippen LogP contribution in [0.4, 0.5) is 10.5 Å². The Bertz CT molecular complexity index is 434. The first-order valence-electron chi connectivity index (χ1n) is 6.46. The highest BCUT2D eigenvalue weighted by atomic mass is 16.2. The molecule has 2 amide bonds. The summed E-state index contributed by atoms with van der Waals surface area (Å²) in [6, 6.07) is 7.36. The summed E-state index contributed by atoms with van der Waals surface area (Å²) in [5, 5.41) is 5.97. The number of benzene rings is 1. The van der Waals surface area contributed by atoms with E-state index in [1.165, 1.54) is 5.56 Å². The topological polar surface area (TPSA) is 67.2 Å². The number of nitrogens with two attached hydrogens (primary N) is 1. The first-order chi connectivity index (χ1) is 9.13. The average molecular weight is 259 g/mol. The molecule has 4 heteroatoms. The number of carbonyl (C=O) groups is 1. The zero-order valence-electron chi connectivity index (χ0n) is 11.3. The molecule has 0 aliphatic carbocycles. The molecule has 0 fully saturated rings. The first-order valence-corrected chi connectivity index (χ1v) is 6.46. The van der Waals surface area contributed by atoms with Gasteiger partial charge in [0.2, 0.25) is 0 Å². The number of hydrogen-bond donors (Lipinski definition) is 3. The SMILES string of the molecule is C#CCCCCNC(C)c1ccc(NC(N)=O)cc1. The van der Waals surface area contributed by atoms with Crippen molar-refractivity contribution in [2.24, 2.45) is 5.73 Å². The molecule has 0 aliphatic rings.